The molecule has 0 N–H and O–H groups in total. The number of ether oxygens (including phenoxy) is 1. The molecule has 0 saturated carbocycles. The molecule has 4 aromatic rings. The third-order valence-corrected chi connectivity index (χ3v) is 7.09. The topological polar surface area (TPSA) is 74.1 Å². The minimum absolute atomic E-state index is 0.175. The molecule has 0 spiro atoms. The fraction of sp³-hybridized carbons (Fsp3) is 0.143. The van der Waals surface area contributed by atoms with Gasteiger partial charge in [0.25, 0.3) is 0 Å². The lowest BCUT2D eigenvalue weighted by molar-refractivity contribution is 0.412. The Morgan fingerprint density at radius 2 is 1.77 bits per heavy atom. The number of aromatic nitrogens is 3. The molecular formula is C21H17ClFN3O3S2. The number of rotatable bonds is 7. The van der Waals surface area contributed by atoms with Crippen LogP contribution in [0, 0.1) is 5.13 Å². The quantitative estimate of drug-likeness (QED) is 0.378. The number of hydrogen-bond donors (Lipinski definition) is 0. The van der Waals surface area contributed by atoms with Crippen molar-refractivity contribution >= 4 is 32.8 Å². The van der Waals surface area contributed by atoms with Crippen molar-refractivity contribution in [1.29, 1.82) is 0 Å². The van der Waals surface area contributed by atoms with E-state index in [0.717, 1.165) is 11.3 Å². The molecule has 0 aliphatic rings. The molecule has 31 heavy (non-hydrogen) atoms. The van der Waals surface area contributed by atoms with E-state index in [1.807, 2.05) is 0 Å². The number of thiophene rings is 1. The summed E-state index contributed by atoms with van der Waals surface area (Å²) in [6.07, 6.45) is 0. The van der Waals surface area contributed by atoms with Gasteiger partial charge >= 0.3 is 0 Å². The molecule has 2 aromatic heterocycles. The summed E-state index contributed by atoms with van der Waals surface area (Å²) in [6, 6.07) is 16.7. The van der Waals surface area contributed by atoms with Gasteiger partial charge in [0.2, 0.25) is 0 Å². The summed E-state index contributed by atoms with van der Waals surface area (Å²) >= 11 is 6.79. The van der Waals surface area contributed by atoms with Crippen molar-refractivity contribution in [1.82, 2.24) is 14.8 Å². The second-order valence-corrected chi connectivity index (χ2v) is 10.2. The Morgan fingerprint density at radius 1 is 1.03 bits per heavy atom. The number of halogens is 2. The SMILES string of the molecule is COc1ccccc1-n1c(CS(=O)(=O)Cc2ccc(Cl)cc2)nnc1-c1ccc(F)s1. The van der Waals surface area contributed by atoms with Gasteiger partial charge in [0.15, 0.2) is 26.6 Å². The summed E-state index contributed by atoms with van der Waals surface area (Å²) in [5.41, 5.74) is 1.18. The van der Waals surface area contributed by atoms with Crippen molar-refractivity contribution < 1.29 is 17.5 Å². The van der Waals surface area contributed by atoms with Gasteiger partial charge in [-0.15, -0.1) is 21.5 Å². The lowest BCUT2D eigenvalue weighted by Crippen LogP contribution is -2.13. The van der Waals surface area contributed by atoms with Gasteiger partial charge < -0.3 is 4.74 Å². The van der Waals surface area contributed by atoms with E-state index in [4.69, 9.17) is 16.3 Å². The maximum Gasteiger partial charge on any atom is 0.178 e. The van der Waals surface area contributed by atoms with Gasteiger partial charge in [-0.25, -0.2) is 8.42 Å². The van der Waals surface area contributed by atoms with Gasteiger partial charge in [0, 0.05) is 5.02 Å². The highest BCUT2D eigenvalue weighted by Gasteiger charge is 2.24. The maximum atomic E-state index is 13.7. The van der Waals surface area contributed by atoms with Crippen molar-refractivity contribution in [3.05, 3.63) is 82.2 Å². The molecule has 160 valence electrons. The lowest BCUT2D eigenvalue weighted by Gasteiger charge is -2.13. The smallest absolute Gasteiger partial charge is 0.178 e. The average Bonchev–Trinajstić information content (AvgIpc) is 3.35. The molecule has 0 saturated heterocycles. The number of para-hydroxylation sites is 2. The van der Waals surface area contributed by atoms with Gasteiger partial charge in [-0.2, -0.15) is 4.39 Å². The largest absolute Gasteiger partial charge is 0.495 e. The van der Waals surface area contributed by atoms with Crippen LogP contribution in [-0.4, -0.2) is 30.3 Å². The molecule has 6 nitrogen and oxygen atoms in total. The zero-order valence-corrected chi connectivity index (χ0v) is 18.7. The van der Waals surface area contributed by atoms with Crippen LogP contribution in [0.4, 0.5) is 4.39 Å². The molecule has 0 bridgehead atoms. The van der Waals surface area contributed by atoms with E-state index in [2.05, 4.69) is 10.2 Å². The fourth-order valence-electron chi connectivity index (χ4n) is 3.15. The summed E-state index contributed by atoms with van der Waals surface area (Å²) in [5, 5.41) is 8.47. The summed E-state index contributed by atoms with van der Waals surface area (Å²) < 4.78 is 46.6. The third kappa shape index (κ3) is 4.79. The molecule has 10 heteroatoms. The van der Waals surface area contributed by atoms with Crippen molar-refractivity contribution in [2.24, 2.45) is 0 Å². The molecule has 2 heterocycles. The molecule has 0 atom stereocenters. The summed E-state index contributed by atoms with van der Waals surface area (Å²) in [4.78, 5) is 0.525. The van der Waals surface area contributed by atoms with Gasteiger partial charge in [0.05, 0.1) is 23.4 Å². The van der Waals surface area contributed by atoms with Crippen LogP contribution in [0.3, 0.4) is 0 Å². The monoisotopic (exact) mass is 477 g/mol. The van der Waals surface area contributed by atoms with Crippen LogP contribution in [0.1, 0.15) is 11.4 Å². The fourth-order valence-corrected chi connectivity index (χ4v) is 5.37. The van der Waals surface area contributed by atoms with Gasteiger partial charge in [-0.3, -0.25) is 4.57 Å². The molecule has 0 fully saturated rings. The minimum atomic E-state index is -3.59. The Morgan fingerprint density at radius 3 is 2.45 bits per heavy atom. The van der Waals surface area contributed by atoms with Crippen molar-refractivity contribution in [3.8, 4) is 22.1 Å². The first-order chi connectivity index (χ1) is 14.9. The summed E-state index contributed by atoms with van der Waals surface area (Å²) in [6.45, 7) is 0. The highest BCUT2D eigenvalue weighted by Crippen LogP contribution is 2.32. The van der Waals surface area contributed by atoms with Crippen molar-refractivity contribution in [2.75, 3.05) is 7.11 Å². The third-order valence-electron chi connectivity index (χ3n) is 4.50. The average molecular weight is 478 g/mol. The van der Waals surface area contributed by atoms with E-state index in [0.29, 0.717) is 32.7 Å². The van der Waals surface area contributed by atoms with Crippen LogP contribution in [0.15, 0.2) is 60.7 Å². The van der Waals surface area contributed by atoms with Crippen LogP contribution in [0.2, 0.25) is 5.02 Å². The Labute approximate surface area is 187 Å². The molecule has 4 rings (SSSR count). The molecule has 0 aliphatic heterocycles. The first-order valence-corrected chi connectivity index (χ1v) is 12.2. The number of nitrogens with zero attached hydrogens (tertiary/aromatic N) is 3. The first kappa shape index (κ1) is 21.5. The Kier molecular flexibility index (Phi) is 6.08. The molecule has 0 unspecified atom stereocenters. The number of benzene rings is 2. The van der Waals surface area contributed by atoms with Crippen LogP contribution in [-0.2, 0) is 21.3 Å². The zero-order chi connectivity index (χ0) is 22.0. The van der Waals surface area contributed by atoms with Crippen molar-refractivity contribution in [2.45, 2.75) is 11.5 Å². The molecule has 2 aromatic carbocycles. The van der Waals surface area contributed by atoms with E-state index < -0.39 is 9.84 Å². The van der Waals surface area contributed by atoms with E-state index in [-0.39, 0.29) is 22.5 Å². The molecule has 0 amide bonds. The standard InChI is InChI=1S/C21H17ClFN3O3S2/c1-29-17-5-3-2-4-16(17)26-20(24-25-21(26)18-10-11-19(23)30-18)13-31(27,28)12-14-6-8-15(22)9-7-14/h2-11H,12-13H2,1H3. The molecule has 0 aliphatic carbocycles. The Hall–Kier alpha value is -2.75. The second kappa shape index (κ2) is 8.78. The normalized spacial score (nSPS) is 11.6. The van der Waals surface area contributed by atoms with E-state index in [9.17, 15) is 12.8 Å². The van der Waals surface area contributed by atoms with Gasteiger partial charge in [-0.1, -0.05) is 35.9 Å². The van der Waals surface area contributed by atoms with Gasteiger partial charge in [0.1, 0.15) is 11.5 Å². The number of methoxy groups -OCH3 is 1. The van der Waals surface area contributed by atoms with E-state index in [1.165, 1.54) is 13.2 Å². The first-order valence-electron chi connectivity index (χ1n) is 9.14. The molecule has 0 radical (unpaired) electrons. The Bertz CT molecular complexity index is 1320. The highest BCUT2D eigenvalue weighted by atomic mass is 35.5. The minimum Gasteiger partial charge on any atom is -0.495 e. The second-order valence-electron chi connectivity index (χ2n) is 6.71. The Balaban J connectivity index is 1.77. The number of hydrogen-bond acceptors (Lipinski definition) is 6. The summed E-state index contributed by atoms with van der Waals surface area (Å²) in [7, 11) is -2.07. The zero-order valence-electron chi connectivity index (χ0n) is 16.3. The van der Waals surface area contributed by atoms with E-state index >= 15 is 0 Å². The number of sulfone groups is 1. The predicted molar refractivity (Wildman–Crippen MR) is 119 cm³/mol. The lowest BCUT2D eigenvalue weighted by atomic mass is 10.2. The molecular weight excluding hydrogens is 461 g/mol. The van der Waals surface area contributed by atoms with Crippen LogP contribution in [0.25, 0.3) is 16.4 Å². The maximum absolute atomic E-state index is 13.7. The van der Waals surface area contributed by atoms with Crippen LogP contribution >= 0.6 is 22.9 Å². The van der Waals surface area contributed by atoms with Crippen LogP contribution < -0.4 is 4.74 Å². The summed E-state index contributed by atoms with van der Waals surface area (Å²) in [5.74, 6) is 0.537. The van der Waals surface area contributed by atoms with E-state index in [1.54, 1.807) is 59.2 Å². The van der Waals surface area contributed by atoms with Gasteiger partial charge in [-0.05, 0) is 42.0 Å². The van der Waals surface area contributed by atoms with Crippen molar-refractivity contribution in [3.63, 3.8) is 0 Å². The predicted octanol–water partition coefficient (Wildman–Crippen LogP) is 4.91. The van der Waals surface area contributed by atoms with Crippen LogP contribution in [0.5, 0.6) is 5.75 Å². The highest BCUT2D eigenvalue weighted by molar-refractivity contribution is 7.89.